The average Bonchev–Trinajstić information content (AvgIpc) is 2.60. The van der Waals surface area contributed by atoms with Crippen LogP contribution in [0.1, 0.15) is 5.56 Å². The van der Waals surface area contributed by atoms with Gasteiger partial charge in [-0.1, -0.05) is 12.1 Å². The summed E-state index contributed by atoms with van der Waals surface area (Å²) in [4.78, 5) is 11.6. The predicted octanol–water partition coefficient (Wildman–Crippen LogP) is 2.85. The quantitative estimate of drug-likeness (QED) is 0.765. The molecule has 2 N–H and O–H groups in total. The number of halogens is 2. The fourth-order valence-electron chi connectivity index (χ4n) is 1.89. The largest absolute Gasteiger partial charge is 0.497 e. The molecular formula is C17H18F2N2O3. The molecular weight excluding hydrogens is 318 g/mol. The Bertz CT molecular complexity index is 678. The van der Waals surface area contributed by atoms with Crippen LogP contribution in [-0.2, 0) is 6.54 Å². The summed E-state index contributed by atoms with van der Waals surface area (Å²) in [7, 11) is 1.59. The molecule has 0 atom stereocenters. The molecule has 0 bridgehead atoms. The van der Waals surface area contributed by atoms with Crippen molar-refractivity contribution in [1.82, 2.24) is 10.6 Å². The Balaban J connectivity index is 1.64. The lowest BCUT2D eigenvalue weighted by molar-refractivity contribution is 0.236. The monoisotopic (exact) mass is 336 g/mol. The van der Waals surface area contributed by atoms with Gasteiger partial charge in [-0.3, -0.25) is 0 Å². The molecule has 2 aromatic carbocycles. The first-order chi connectivity index (χ1) is 11.6. The number of hydrogen-bond donors (Lipinski definition) is 2. The molecule has 2 amide bonds. The smallest absolute Gasteiger partial charge is 0.315 e. The molecule has 0 fully saturated rings. The van der Waals surface area contributed by atoms with Crippen molar-refractivity contribution in [3.63, 3.8) is 0 Å². The molecule has 128 valence electrons. The highest BCUT2D eigenvalue weighted by atomic mass is 19.2. The third-order valence-corrected chi connectivity index (χ3v) is 3.16. The Kier molecular flexibility index (Phi) is 6.36. The van der Waals surface area contributed by atoms with E-state index in [1.54, 1.807) is 7.11 Å². The number of benzene rings is 2. The van der Waals surface area contributed by atoms with E-state index >= 15 is 0 Å². The van der Waals surface area contributed by atoms with Crippen molar-refractivity contribution in [3.8, 4) is 11.5 Å². The third kappa shape index (κ3) is 5.42. The molecule has 0 aromatic heterocycles. The number of carbonyl (C=O) groups excluding carboxylic acids is 1. The maximum absolute atomic E-state index is 13.0. The minimum atomic E-state index is -0.974. The van der Waals surface area contributed by atoms with E-state index in [1.165, 1.54) is 6.07 Å². The van der Waals surface area contributed by atoms with Crippen molar-refractivity contribution in [3.05, 3.63) is 59.7 Å². The molecule has 24 heavy (non-hydrogen) atoms. The molecule has 2 rings (SSSR count). The highest BCUT2D eigenvalue weighted by molar-refractivity contribution is 5.73. The Morgan fingerprint density at radius 1 is 1.00 bits per heavy atom. The van der Waals surface area contributed by atoms with Crippen LogP contribution in [0.5, 0.6) is 11.5 Å². The van der Waals surface area contributed by atoms with Gasteiger partial charge in [0.1, 0.15) is 18.1 Å². The number of carbonyl (C=O) groups is 1. The van der Waals surface area contributed by atoms with E-state index in [0.717, 1.165) is 23.4 Å². The first-order valence-electron chi connectivity index (χ1n) is 7.31. The van der Waals surface area contributed by atoms with Gasteiger partial charge in [0.25, 0.3) is 0 Å². The summed E-state index contributed by atoms with van der Waals surface area (Å²) in [6.45, 7) is 0.744. The minimum absolute atomic E-state index is 0.140. The van der Waals surface area contributed by atoms with Crippen LogP contribution in [0.2, 0.25) is 0 Å². The summed E-state index contributed by atoms with van der Waals surface area (Å²) >= 11 is 0. The highest BCUT2D eigenvalue weighted by Gasteiger charge is 2.04. The van der Waals surface area contributed by atoms with Gasteiger partial charge in [-0.05, 0) is 29.8 Å². The number of amides is 2. The fraction of sp³-hybridized carbons (Fsp3) is 0.235. The van der Waals surface area contributed by atoms with E-state index in [0.29, 0.717) is 6.54 Å². The van der Waals surface area contributed by atoms with Crippen LogP contribution >= 0.6 is 0 Å². The molecule has 0 saturated heterocycles. The summed E-state index contributed by atoms with van der Waals surface area (Å²) in [6.07, 6.45) is 0. The molecule has 0 unspecified atom stereocenters. The van der Waals surface area contributed by atoms with E-state index in [1.807, 2.05) is 24.3 Å². The molecule has 5 nitrogen and oxygen atoms in total. The summed E-state index contributed by atoms with van der Waals surface area (Å²) in [5, 5.41) is 5.30. The molecule has 0 saturated carbocycles. The van der Waals surface area contributed by atoms with Crippen LogP contribution in [-0.4, -0.2) is 26.3 Å². The zero-order chi connectivity index (χ0) is 17.4. The van der Waals surface area contributed by atoms with E-state index in [4.69, 9.17) is 9.47 Å². The Morgan fingerprint density at radius 2 is 1.71 bits per heavy atom. The van der Waals surface area contributed by atoms with Crippen LogP contribution in [0.3, 0.4) is 0 Å². The zero-order valence-electron chi connectivity index (χ0n) is 13.1. The lowest BCUT2D eigenvalue weighted by atomic mass is 10.2. The number of rotatable bonds is 7. The molecule has 0 spiro atoms. The van der Waals surface area contributed by atoms with Gasteiger partial charge in [0.05, 0.1) is 13.7 Å². The Morgan fingerprint density at radius 3 is 2.38 bits per heavy atom. The van der Waals surface area contributed by atoms with Crippen LogP contribution in [0.4, 0.5) is 13.6 Å². The van der Waals surface area contributed by atoms with Crippen molar-refractivity contribution in [2.45, 2.75) is 6.54 Å². The summed E-state index contributed by atoms with van der Waals surface area (Å²) < 4.78 is 36.0. The van der Waals surface area contributed by atoms with Crippen LogP contribution in [0.15, 0.2) is 42.5 Å². The first kappa shape index (κ1) is 17.5. The molecule has 0 aliphatic rings. The van der Waals surface area contributed by atoms with Crippen LogP contribution in [0.25, 0.3) is 0 Å². The third-order valence-electron chi connectivity index (χ3n) is 3.16. The molecule has 7 heteroatoms. The zero-order valence-corrected chi connectivity index (χ0v) is 13.1. The number of nitrogens with one attached hydrogen (secondary N) is 2. The van der Waals surface area contributed by atoms with Gasteiger partial charge >= 0.3 is 6.03 Å². The van der Waals surface area contributed by atoms with E-state index in [2.05, 4.69) is 10.6 Å². The van der Waals surface area contributed by atoms with Gasteiger partial charge in [0.15, 0.2) is 11.6 Å². The lowest BCUT2D eigenvalue weighted by Crippen LogP contribution is -2.37. The number of ether oxygens (including phenoxy) is 2. The lowest BCUT2D eigenvalue weighted by Gasteiger charge is -2.09. The van der Waals surface area contributed by atoms with Crippen LogP contribution < -0.4 is 20.1 Å². The maximum atomic E-state index is 13.0. The molecule has 0 aliphatic carbocycles. The number of urea groups is 1. The summed E-state index contributed by atoms with van der Waals surface area (Å²) in [6, 6.07) is 10.2. The topological polar surface area (TPSA) is 59.6 Å². The molecule has 0 aliphatic heterocycles. The second-order valence-electron chi connectivity index (χ2n) is 4.88. The van der Waals surface area contributed by atoms with E-state index in [-0.39, 0.29) is 24.9 Å². The Labute approximate surface area is 138 Å². The van der Waals surface area contributed by atoms with Gasteiger partial charge in [0.2, 0.25) is 0 Å². The molecule has 2 aromatic rings. The van der Waals surface area contributed by atoms with Gasteiger partial charge in [-0.15, -0.1) is 0 Å². The molecule has 0 radical (unpaired) electrons. The first-order valence-corrected chi connectivity index (χ1v) is 7.31. The van der Waals surface area contributed by atoms with E-state index in [9.17, 15) is 13.6 Å². The SMILES string of the molecule is COc1ccc(CNC(=O)NCCOc2ccc(F)c(F)c2)cc1. The number of methoxy groups -OCH3 is 1. The van der Waals surface area contributed by atoms with Crippen LogP contribution in [0, 0.1) is 11.6 Å². The number of hydrogen-bond acceptors (Lipinski definition) is 3. The average molecular weight is 336 g/mol. The Hall–Kier alpha value is -2.83. The highest BCUT2D eigenvalue weighted by Crippen LogP contribution is 2.15. The summed E-state index contributed by atoms with van der Waals surface area (Å²) in [5.74, 6) is -0.956. The van der Waals surface area contributed by atoms with Crippen molar-refractivity contribution >= 4 is 6.03 Å². The van der Waals surface area contributed by atoms with Gasteiger partial charge in [-0.2, -0.15) is 0 Å². The van der Waals surface area contributed by atoms with Gasteiger partial charge < -0.3 is 20.1 Å². The van der Waals surface area contributed by atoms with Crippen molar-refractivity contribution in [1.29, 1.82) is 0 Å². The van der Waals surface area contributed by atoms with E-state index < -0.39 is 11.6 Å². The van der Waals surface area contributed by atoms with Crippen molar-refractivity contribution in [2.75, 3.05) is 20.3 Å². The second-order valence-corrected chi connectivity index (χ2v) is 4.88. The van der Waals surface area contributed by atoms with Gasteiger partial charge in [-0.25, -0.2) is 13.6 Å². The molecule has 0 heterocycles. The van der Waals surface area contributed by atoms with Crippen molar-refractivity contribution in [2.24, 2.45) is 0 Å². The minimum Gasteiger partial charge on any atom is -0.497 e. The normalized spacial score (nSPS) is 10.1. The van der Waals surface area contributed by atoms with Crippen molar-refractivity contribution < 1.29 is 23.0 Å². The standard InChI is InChI=1S/C17H18F2N2O3/c1-23-13-4-2-12(3-5-13)11-21-17(22)20-8-9-24-14-6-7-15(18)16(19)10-14/h2-7,10H,8-9,11H2,1H3,(H2,20,21,22). The predicted molar refractivity (Wildman–Crippen MR) is 85.1 cm³/mol. The van der Waals surface area contributed by atoms with Gasteiger partial charge in [0, 0.05) is 12.6 Å². The fourth-order valence-corrected chi connectivity index (χ4v) is 1.89. The maximum Gasteiger partial charge on any atom is 0.315 e. The second kappa shape index (κ2) is 8.71. The summed E-state index contributed by atoms with van der Waals surface area (Å²) in [5.41, 5.74) is 0.934.